The minimum absolute atomic E-state index is 0.0177. The number of likely N-dealkylation sites (N-methyl/N-ethyl adjacent to an activating group) is 2. The van der Waals surface area contributed by atoms with E-state index in [2.05, 4.69) is 0 Å². The number of anilines is 1. The number of hydrogen-bond acceptors (Lipinski definition) is 5. The molecule has 0 heterocycles. The molecule has 7 nitrogen and oxygen atoms in total. The van der Waals surface area contributed by atoms with Crippen LogP contribution in [0.4, 0.5) is 11.4 Å². The van der Waals surface area contributed by atoms with Gasteiger partial charge >= 0.3 is 0 Å². The Labute approximate surface area is 118 Å². The van der Waals surface area contributed by atoms with Crippen LogP contribution in [0.5, 0.6) is 0 Å². The van der Waals surface area contributed by atoms with Gasteiger partial charge in [-0.25, -0.2) is 0 Å². The summed E-state index contributed by atoms with van der Waals surface area (Å²) in [5, 5.41) is 10.8. The van der Waals surface area contributed by atoms with Gasteiger partial charge in [0.15, 0.2) is 0 Å². The van der Waals surface area contributed by atoms with Crippen LogP contribution in [0.15, 0.2) is 18.2 Å². The van der Waals surface area contributed by atoms with Gasteiger partial charge in [0.2, 0.25) is 5.91 Å². The maximum atomic E-state index is 11.7. The van der Waals surface area contributed by atoms with Crippen molar-refractivity contribution in [2.45, 2.75) is 13.5 Å². The smallest absolute Gasteiger partial charge is 0.292 e. The maximum absolute atomic E-state index is 11.7. The lowest BCUT2D eigenvalue weighted by molar-refractivity contribution is -0.384. The molecule has 1 rings (SSSR count). The van der Waals surface area contributed by atoms with Crippen LogP contribution in [0.3, 0.4) is 0 Å². The highest BCUT2D eigenvalue weighted by molar-refractivity contribution is 5.77. The molecule has 110 valence electrons. The summed E-state index contributed by atoms with van der Waals surface area (Å²) in [5.74, 6) is -0.0177. The molecule has 7 heteroatoms. The standard InChI is InChI=1S/C13H20N4O3/c1-4-16(9-12(18)15(2)3)8-10-6-5-7-11(13(10)14)17(19)20/h5-7H,4,8-9,14H2,1-3H3. The van der Waals surface area contributed by atoms with Gasteiger partial charge in [0.25, 0.3) is 5.69 Å². The van der Waals surface area contributed by atoms with E-state index in [0.29, 0.717) is 18.7 Å². The van der Waals surface area contributed by atoms with E-state index in [1.807, 2.05) is 11.8 Å². The summed E-state index contributed by atoms with van der Waals surface area (Å²) in [7, 11) is 3.38. The number of carbonyl (C=O) groups excluding carboxylic acids is 1. The Morgan fingerprint density at radius 1 is 1.40 bits per heavy atom. The van der Waals surface area contributed by atoms with Crippen molar-refractivity contribution >= 4 is 17.3 Å². The molecule has 1 aromatic rings. The van der Waals surface area contributed by atoms with Crippen LogP contribution in [0.1, 0.15) is 12.5 Å². The first-order valence-electron chi connectivity index (χ1n) is 6.31. The fourth-order valence-corrected chi connectivity index (χ4v) is 1.75. The summed E-state index contributed by atoms with van der Waals surface area (Å²) < 4.78 is 0. The first-order valence-corrected chi connectivity index (χ1v) is 6.31. The largest absolute Gasteiger partial charge is 0.393 e. The van der Waals surface area contributed by atoms with Gasteiger partial charge in [-0.1, -0.05) is 19.1 Å². The van der Waals surface area contributed by atoms with E-state index in [-0.39, 0.29) is 23.8 Å². The molecule has 0 saturated carbocycles. The molecule has 1 aromatic carbocycles. The lowest BCUT2D eigenvalue weighted by atomic mass is 10.1. The van der Waals surface area contributed by atoms with E-state index in [4.69, 9.17) is 5.73 Å². The van der Waals surface area contributed by atoms with Crippen molar-refractivity contribution in [2.24, 2.45) is 0 Å². The van der Waals surface area contributed by atoms with Crippen LogP contribution in [0, 0.1) is 10.1 Å². The lowest BCUT2D eigenvalue weighted by Crippen LogP contribution is -2.36. The van der Waals surface area contributed by atoms with Crippen molar-refractivity contribution in [1.82, 2.24) is 9.80 Å². The Bertz CT molecular complexity index is 502. The number of carbonyl (C=O) groups is 1. The average Bonchev–Trinajstić information content (AvgIpc) is 2.39. The zero-order chi connectivity index (χ0) is 15.3. The van der Waals surface area contributed by atoms with E-state index in [1.54, 1.807) is 26.2 Å². The third-order valence-corrected chi connectivity index (χ3v) is 3.07. The normalized spacial score (nSPS) is 10.6. The predicted octanol–water partition coefficient (Wildman–Crippen LogP) is 1.09. The number of nitro benzene ring substituents is 1. The van der Waals surface area contributed by atoms with Crippen molar-refractivity contribution in [2.75, 3.05) is 32.9 Å². The van der Waals surface area contributed by atoms with Gasteiger partial charge in [-0.2, -0.15) is 0 Å². The number of para-hydroxylation sites is 1. The Hall–Kier alpha value is -2.15. The van der Waals surface area contributed by atoms with E-state index >= 15 is 0 Å². The number of nitrogens with two attached hydrogens (primary N) is 1. The molecule has 0 aliphatic rings. The predicted molar refractivity (Wildman–Crippen MR) is 77.2 cm³/mol. The molecule has 0 unspecified atom stereocenters. The molecular formula is C13H20N4O3. The summed E-state index contributed by atoms with van der Waals surface area (Å²) in [4.78, 5) is 25.5. The molecule has 20 heavy (non-hydrogen) atoms. The minimum Gasteiger partial charge on any atom is -0.393 e. The van der Waals surface area contributed by atoms with Crippen molar-refractivity contribution in [3.63, 3.8) is 0 Å². The third kappa shape index (κ3) is 3.92. The molecule has 0 fully saturated rings. The van der Waals surface area contributed by atoms with Crippen LogP contribution in [0.2, 0.25) is 0 Å². The van der Waals surface area contributed by atoms with Crippen LogP contribution in [-0.2, 0) is 11.3 Å². The highest BCUT2D eigenvalue weighted by Crippen LogP contribution is 2.25. The molecule has 0 bridgehead atoms. The highest BCUT2D eigenvalue weighted by atomic mass is 16.6. The van der Waals surface area contributed by atoms with Gasteiger partial charge in [0.05, 0.1) is 11.5 Å². The fourth-order valence-electron chi connectivity index (χ4n) is 1.75. The summed E-state index contributed by atoms with van der Waals surface area (Å²) in [5.41, 5.74) is 6.53. The van der Waals surface area contributed by atoms with Crippen molar-refractivity contribution in [3.8, 4) is 0 Å². The van der Waals surface area contributed by atoms with Gasteiger partial charge in [-0.3, -0.25) is 19.8 Å². The lowest BCUT2D eigenvalue weighted by Gasteiger charge is -2.22. The monoisotopic (exact) mass is 280 g/mol. The van der Waals surface area contributed by atoms with Gasteiger partial charge in [-0.15, -0.1) is 0 Å². The average molecular weight is 280 g/mol. The summed E-state index contributed by atoms with van der Waals surface area (Å²) in [6.45, 7) is 3.24. The molecule has 2 N–H and O–H groups in total. The topological polar surface area (TPSA) is 92.7 Å². The number of amides is 1. The molecular weight excluding hydrogens is 260 g/mol. The number of rotatable bonds is 6. The first-order chi connectivity index (χ1) is 9.36. The van der Waals surface area contributed by atoms with Crippen LogP contribution in [-0.4, -0.2) is 47.8 Å². The molecule has 0 spiro atoms. The second kappa shape index (κ2) is 6.85. The Balaban J connectivity index is 2.88. The van der Waals surface area contributed by atoms with E-state index in [1.165, 1.54) is 11.0 Å². The highest BCUT2D eigenvalue weighted by Gasteiger charge is 2.17. The molecule has 0 aliphatic heterocycles. The molecule has 0 saturated heterocycles. The fraction of sp³-hybridized carbons (Fsp3) is 0.462. The van der Waals surface area contributed by atoms with E-state index in [0.717, 1.165) is 0 Å². The SMILES string of the molecule is CCN(CC(=O)N(C)C)Cc1cccc([N+](=O)[O-])c1N. The number of nitrogen functional groups attached to an aromatic ring is 1. The second-order valence-corrected chi connectivity index (χ2v) is 4.70. The zero-order valence-corrected chi connectivity index (χ0v) is 12.0. The molecule has 0 aliphatic carbocycles. The quantitative estimate of drug-likeness (QED) is 0.478. The van der Waals surface area contributed by atoms with Crippen molar-refractivity contribution < 1.29 is 9.72 Å². The Morgan fingerprint density at radius 2 is 2.05 bits per heavy atom. The van der Waals surface area contributed by atoms with Gasteiger partial charge < -0.3 is 10.6 Å². The zero-order valence-electron chi connectivity index (χ0n) is 12.0. The molecule has 0 radical (unpaired) electrons. The number of hydrogen-bond donors (Lipinski definition) is 1. The second-order valence-electron chi connectivity index (χ2n) is 4.70. The van der Waals surface area contributed by atoms with Gasteiger partial charge in [-0.05, 0) is 12.1 Å². The van der Waals surface area contributed by atoms with Crippen LogP contribution in [0.25, 0.3) is 0 Å². The molecule has 0 atom stereocenters. The van der Waals surface area contributed by atoms with Crippen LogP contribution >= 0.6 is 0 Å². The number of benzene rings is 1. The third-order valence-electron chi connectivity index (χ3n) is 3.07. The number of nitro groups is 1. The summed E-state index contributed by atoms with van der Waals surface area (Å²) in [6.07, 6.45) is 0. The maximum Gasteiger partial charge on any atom is 0.292 e. The van der Waals surface area contributed by atoms with E-state index < -0.39 is 4.92 Å². The van der Waals surface area contributed by atoms with Crippen molar-refractivity contribution in [3.05, 3.63) is 33.9 Å². The van der Waals surface area contributed by atoms with Crippen molar-refractivity contribution in [1.29, 1.82) is 0 Å². The van der Waals surface area contributed by atoms with Gasteiger partial charge in [0, 0.05) is 26.7 Å². The Kier molecular flexibility index (Phi) is 5.45. The van der Waals surface area contributed by atoms with Gasteiger partial charge in [0.1, 0.15) is 5.69 Å². The molecule has 1 amide bonds. The molecule has 0 aromatic heterocycles. The Morgan fingerprint density at radius 3 is 2.55 bits per heavy atom. The summed E-state index contributed by atoms with van der Waals surface area (Å²) in [6, 6.07) is 4.72. The number of nitrogens with zero attached hydrogens (tertiary/aromatic N) is 3. The van der Waals surface area contributed by atoms with Crippen LogP contribution < -0.4 is 5.73 Å². The van der Waals surface area contributed by atoms with E-state index in [9.17, 15) is 14.9 Å². The summed E-state index contributed by atoms with van der Waals surface area (Å²) >= 11 is 0. The first kappa shape index (κ1) is 15.9. The minimum atomic E-state index is -0.500.